The molecule has 1 aliphatic rings. The monoisotopic (exact) mass is 366 g/mol. The largest absolute Gasteiger partial charge is 0.0651 e. The fourth-order valence-corrected chi connectivity index (χ4v) is 3.16. The van der Waals surface area contributed by atoms with Crippen LogP contribution in [-0.4, -0.2) is 0 Å². The van der Waals surface area contributed by atoms with Gasteiger partial charge in [-0.05, 0) is 46.6 Å². The predicted octanol–water partition coefficient (Wildman–Crippen LogP) is 5.90. The quantitative estimate of drug-likeness (QED) is 0.631. The molecule has 0 heterocycles. The van der Waals surface area contributed by atoms with Crippen molar-refractivity contribution in [2.45, 2.75) is 40.0 Å². The second kappa shape index (κ2) is 7.56. The number of benzene rings is 2. The zero-order valence-corrected chi connectivity index (χ0v) is 16.3. The van der Waals surface area contributed by atoms with Crippen molar-refractivity contribution in [3.05, 3.63) is 64.7 Å². The van der Waals surface area contributed by atoms with E-state index in [-0.39, 0.29) is 26.2 Å². The summed E-state index contributed by atoms with van der Waals surface area (Å²) >= 11 is 0. The Labute approximate surface area is 153 Å². The predicted molar refractivity (Wildman–Crippen MR) is 92.4 cm³/mol. The summed E-state index contributed by atoms with van der Waals surface area (Å²) in [6.45, 7) is 6.81. The van der Waals surface area contributed by atoms with E-state index in [1.54, 1.807) is 5.57 Å². The van der Waals surface area contributed by atoms with Gasteiger partial charge in [0.25, 0.3) is 0 Å². The van der Waals surface area contributed by atoms with Gasteiger partial charge < -0.3 is 0 Å². The van der Waals surface area contributed by atoms with Crippen LogP contribution in [0.5, 0.6) is 0 Å². The Morgan fingerprint density at radius 1 is 1.00 bits per heavy atom. The molecule has 0 saturated heterocycles. The maximum atomic E-state index is 2.41. The molecule has 0 N–H and O–H groups in total. The Bertz CT molecular complexity index is 663. The van der Waals surface area contributed by atoms with Gasteiger partial charge in [-0.25, -0.2) is 0 Å². The standard InChI is InChI=1S/C21H24.Zr/c1-4-6-16-9-11-17(12-10-16)20-8-5-7-18-13-19(15(2)3)14-21(18)20;/h5,7-12,14-15H,4,6,13H2,1-3H3;. The molecule has 0 atom stereocenters. The summed E-state index contributed by atoms with van der Waals surface area (Å²) in [5, 5.41) is 0. The van der Waals surface area contributed by atoms with E-state index in [1.807, 2.05) is 0 Å². The minimum atomic E-state index is 0. The fourth-order valence-electron chi connectivity index (χ4n) is 3.16. The van der Waals surface area contributed by atoms with Gasteiger partial charge in [0.2, 0.25) is 0 Å². The van der Waals surface area contributed by atoms with E-state index in [0.717, 1.165) is 6.42 Å². The van der Waals surface area contributed by atoms with Crippen molar-refractivity contribution in [1.82, 2.24) is 0 Å². The summed E-state index contributed by atoms with van der Waals surface area (Å²) in [7, 11) is 0. The molecule has 0 aliphatic heterocycles. The third-order valence-electron chi connectivity index (χ3n) is 4.47. The molecule has 0 amide bonds. The van der Waals surface area contributed by atoms with E-state index < -0.39 is 0 Å². The van der Waals surface area contributed by atoms with Gasteiger partial charge in [0.1, 0.15) is 0 Å². The maximum Gasteiger partial charge on any atom is 0 e. The van der Waals surface area contributed by atoms with Gasteiger partial charge in [-0.3, -0.25) is 0 Å². The third-order valence-corrected chi connectivity index (χ3v) is 4.47. The van der Waals surface area contributed by atoms with Gasteiger partial charge in [0.15, 0.2) is 0 Å². The average Bonchev–Trinajstić information content (AvgIpc) is 2.93. The molecule has 112 valence electrons. The zero-order chi connectivity index (χ0) is 14.8. The summed E-state index contributed by atoms with van der Waals surface area (Å²) < 4.78 is 0. The first-order valence-electron chi connectivity index (χ1n) is 8.10. The van der Waals surface area contributed by atoms with E-state index in [1.165, 1.54) is 40.7 Å². The molecule has 2 aromatic carbocycles. The van der Waals surface area contributed by atoms with Crippen LogP contribution in [0.3, 0.4) is 0 Å². The molecule has 3 rings (SSSR count). The molecule has 0 aromatic heterocycles. The van der Waals surface area contributed by atoms with Crippen LogP contribution in [0.2, 0.25) is 0 Å². The number of rotatable bonds is 4. The van der Waals surface area contributed by atoms with E-state index >= 15 is 0 Å². The van der Waals surface area contributed by atoms with Gasteiger partial charge in [-0.1, -0.05) is 81.3 Å². The molecule has 1 aliphatic carbocycles. The second-order valence-electron chi connectivity index (χ2n) is 6.38. The van der Waals surface area contributed by atoms with Crippen LogP contribution in [-0.2, 0) is 39.0 Å². The van der Waals surface area contributed by atoms with Gasteiger partial charge >= 0.3 is 0 Å². The number of allylic oxidation sites excluding steroid dienone is 1. The molecule has 1 heteroatoms. The van der Waals surface area contributed by atoms with Crippen molar-refractivity contribution in [3.63, 3.8) is 0 Å². The van der Waals surface area contributed by atoms with E-state index in [0.29, 0.717) is 5.92 Å². The zero-order valence-electron chi connectivity index (χ0n) is 13.8. The number of fused-ring (bicyclic) bond motifs is 1. The first-order chi connectivity index (χ1) is 10.2. The van der Waals surface area contributed by atoms with E-state index in [9.17, 15) is 0 Å². The summed E-state index contributed by atoms with van der Waals surface area (Å²) in [6.07, 6.45) is 5.91. The smallest absolute Gasteiger partial charge is 0 e. The van der Waals surface area contributed by atoms with E-state index in [4.69, 9.17) is 0 Å². The Hall–Kier alpha value is -0.937. The second-order valence-corrected chi connectivity index (χ2v) is 6.38. The number of hydrogen-bond acceptors (Lipinski definition) is 0. The molecular weight excluding hydrogens is 343 g/mol. The Kier molecular flexibility index (Phi) is 5.98. The molecule has 0 radical (unpaired) electrons. The van der Waals surface area contributed by atoms with Crippen LogP contribution in [0.25, 0.3) is 17.2 Å². The van der Waals surface area contributed by atoms with Crippen LogP contribution < -0.4 is 0 Å². The first kappa shape index (κ1) is 17.4. The van der Waals surface area contributed by atoms with Gasteiger partial charge in [0, 0.05) is 26.2 Å². The number of aryl methyl sites for hydroxylation is 1. The van der Waals surface area contributed by atoms with Crippen molar-refractivity contribution >= 4 is 6.08 Å². The normalized spacial score (nSPS) is 12.8. The van der Waals surface area contributed by atoms with Crippen molar-refractivity contribution in [2.75, 3.05) is 0 Å². The first-order valence-corrected chi connectivity index (χ1v) is 8.10. The molecule has 0 saturated carbocycles. The van der Waals surface area contributed by atoms with Crippen LogP contribution in [0, 0.1) is 5.92 Å². The topological polar surface area (TPSA) is 0 Å². The minimum absolute atomic E-state index is 0. The Balaban J connectivity index is 0.00000176. The van der Waals surface area contributed by atoms with Gasteiger partial charge in [-0.15, -0.1) is 0 Å². The van der Waals surface area contributed by atoms with Gasteiger partial charge in [-0.2, -0.15) is 0 Å². The Morgan fingerprint density at radius 2 is 1.73 bits per heavy atom. The van der Waals surface area contributed by atoms with Crippen LogP contribution in [0.15, 0.2) is 48.0 Å². The molecule has 0 bridgehead atoms. The maximum absolute atomic E-state index is 2.41. The number of hydrogen-bond donors (Lipinski definition) is 0. The van der Waals surface area contributed by atoms with E-state index in [2.05, 4.69) is 69.3 Å². The minimum Gasteiger partial charge on any atom is -0.0651 e. The summed E-state index contributed by atoms with van der Waals surface area (Å²) in [5.41, 5.74) is 8.63. The van der Waals surface area contributed by atoms with Crippen LogP contribution in [0.1, 0.15) is 43.9 Å². The van der Waals surface area contributed by atoms with Crippen molar-refractivity contribution in [1.29, 1.82) is 0 Å². The molecule has 0 spiro atoms. The van der Waals surface area contributed by atoms with Crippen LogP contribution in [0.4, 0.5) is 0 Å². The third kappa shape index (κ3) is 3.52. The van der Waals surface area contributed by atoms with Crippen molar-refractivity contribution in [3.8, 4) is 11.1 Å². The average molecular weight is 368 g/mol. The van der Waals surface area contributed by atoms with Crippen molar-refractivity contribution < 1.29 is 26.2 Å². The summed E-state index contributed by atoms with van der Waals surface area (Å²) in [5.74, 6) is 0.636. The SMILES string of the molecule is CCCc1ccc(-c2cccc3c2C=C(C(C)C)C3)cc1.[Zr]. The molecule has 0 nitrogen and oxygen atoms in total. The summed E-state index contributed by atoms with van der Waals surface area (Å²) in [6, 6.07) is 15.8. The molecule has 22 heavy (non-hydrogen) atoms. The Morgan fingerprint density at radius 3 is 2.36 bits per heavy atom. The molecule has 0 unspecified atom stereocenters. The molecule has 0 fully saturated rings. The van der Waals surface area contributed by atoms with Crippen LogP contribution >= 0.6 is 0 Å². The fraction of sp³-hybridized carbons (Fsp3) is 0.333. The molecular formula is C21H24Zr. The summed E-state index contributed by atoms with van der Waals surface area (Å²) in [4.78, 5) is 0. The van der Waals surface area contributed by atoms with Gasteiger partial charge in [0.05, 0.1) is 0 Å². The molecule has 2 aromatic rings. The van der Waals surface area contributed by atoms with Crippen molar-refractivity contribution in [2.24, 2.45) is 5.92 Å².